The number of fused-ring (bicyclic) bond motifs is 1. The van der Waals surface area contributed by atoms with Crippen LogP contribution in [0.2, 0.25) is 0 Å². The Morgan fingerprint density at radius 2 is 2.05 bits per heavy atom. The van der Waals surface area contributed by atoms with Crippen LogP contribution in [0.3, 0.4) is 0 Å². The number of carbonyl (C=O) groups is 2. The number of hydrogen-bond donors (Lipinski definition) is 0. The molecule has 1 amide bonds. The first-order chi connectivity index (χ1) is 9.65. The molecule has 2 aliphatic heterocycles. The summed E-state index contributed by atoms with van der Waals surface area (Å²) in [6, 6.07) is 9.07. The standard InChI is InChI=1S/C15H15NO3S/c1-9-8-20-15-13(19-2)14(18)16(15)11(9)12(17)10-6-4-3-5-7-10/h3-7,13,15H,8H2,1-2H3/t13?,15-/m0/s1. The van der Waals surface area contributed by atoms with E-state index in [9.17, 15) is 9.59 Å². The maximum Gasteiger partial charge on any atom is 0.260 e. The van der Waals surface area contributed by atoms with E-state index in [1.807, 2.05) is 25.1 Å². The number of thioether (sulfide) groups is 1. The number of benzene rings is 1. The zero-order valence-corrected chi connectivity index (χ0v) is 12.1. The SMILES string of the molecule is COC1C(=O)N2C(C(=O)c3ccccc3)=C(C)CS[C@@H]12. The molecule has 1 unspecified atom stereocenters. The molecular weight excluding hydrogens is 274 g/mol. The summed E-state index contributed by atoms with van der Waals surface area (Å²) in [5.41, 5.74) is 2.09. The van der Waals surface area contributed by atoms with E-state index in [1.54, 1.807) is 28.8 Å². The molecule has 3 rings (SSSR count). The first kappa shape index (κ1) is 13.4. The summed E-state index contributed by atoms with van der Waals surface area (Å²) in [7, 11) is 1.53. The molecule has 0 aromatic heterocycles. The number of rotatable bonds is 3. The maximum absolute atomic E-state index is 12.6. The van der Waals surface area contributed by atoms with E-state index in [1.165, 1.54) is 7.11 Å². The monoisotopic (exact) mass is 289 g/mol. The molecular formula is C15H15NO3S. The smallest absolute Gasteiger partial charge is 0.260 e. The second kappa shape index (κ2) is 5.07. The van der Waals surface area contributed by atoms with Crippen LogP contribution in [0.4, 0.5) is 0 Å². The number of Topliss-reactive ketones (excluding diaryl/α,β-unsaturated/α-hetero) is 1. The molecule has 0 N–H and O–H groups in total. The number of nitrogens with zero attached hydrogens (tertiary/aromatic N) is 1. The van der Waals surface area contributed by atoms with Crippen molar-refractivity contribution in [1.29, 1.82) is 0 Å². The average molecular weight is 289 g/mol. The molecule has 0 radical (unpaired) electrons. The van der Waals surface area contributed by atoms with Gasteiger partial charge in [0, 0.05) is 18.4 Å². The Kier molecular flexibility index (Phi) is 3.40. The maximum atomic E-state index is 12.6. The summed E-state index contributed by atoms with van der Waals surface area (Å²) in [5, 5.41) is -0.0705. The summed E-state index contributed by atoms with van der Waals surface area (Å²) < 4.78 is 5.19. The Hall–Kier alpha value is -1.59. The van der Waals surface area contributed by atoms with Gasteiger partial charge in [-0.15, -0.1) is 11.8 Å². The van der Waals surface area contributed by atoms with Gasteiger partial charge in [-0.1, -0.05) is 30.3 Å². The molecule has 5 heteroatoms. The second-order valence-corrected chi connectivity index (χ2v) is 6.00. The largest absolute Gasteiger partial charge is 0.368 e. The molecule has 0 aliphatic carbocycles. The predicted molar refractivity (Wildman–Crippen MR) is 77.4 cm³/mol. The van der Waals surface area contributed by atoms with Gasteiger partial charge in [0.1, 0.15) is 5.37 Å². The molecule has 1 saturated heterocycles. The van der Waals surface area contributed by atoms with Crippen molar-refractivity contribution in [3.05, 3.63) is 47.2 Å². The van der Waals surface area contributed by atoms with E-state index in [0.29, 0.717) is 11.3 Å². The lowest BCUT2D eigenvalue weighted by atomic mass is 9.99. The van der Waals surface area contributed by atoms with Crippen molar-refractivity contribution < 1.29 is 14.3 Å². The van der Waals surface area contributed by atoms with Crippen LogP contribution >= 0.6 is 11.8 Å². The molecule has 1 aromatic carbocycles. The number of allylic oxidation sites excluding steroid dienone is 1. The van der Waals surface area contributed by atoms with Crippen LogP contribution in [0.15, 0.2) is 41.6 Å². The first-order valence-corrected chi connectivity index (χ1v) is 7.47. The van der Waals surface area contributed by atoms with Gasteiger partial charge < -0.3 is 4.74 Å². The lowest BCUT2D eigenvalue weighted by molar-refractivity contribution is -0.158. The topological polar surface area (TPSA) is 46.6 Å². The average Bonchev–Trinajstić information content (AvgIpc) is 2.48. The third kappa shape index (κ3) is 1.89. The highest BCUT2D eigenvalue weighted by molar-refractivity contribution is 8.00. The second-order valence-electron chi connectivity index (χ2n) is 4.89. The summed E-state index contributed by atoms with van der Waals surface area (Å²) in [6.45, 7) is 1.91. The highest BCUT2D eigenvalue weighted by atomic mass is 32.2. The van der Waals surface area contributed by atoms with Gasteiger partial charge in [0.05, 0.1) is 5.70 Å². The van der Waals surface area contributed by atoms with Gasteiger partial charge in [-0.25, -0.2) is 0 Å². The van der Waals surface area contributed by atoms with Crippen LogP contribution in [0.25, 0.3) is 0 Å². The fourth-order valence-corrected chi connectivity index (χ4v) is 3.89. The van der Waals surface area contributed by atoms with Crippen molar-refractivity contribution in [2.75, 3.05) is 12.9 Å². The van der Waals surface area contributed by atoms with Crippen LogP contribution in [0.1, 0.15) is 17.3 Å². The van der Waals surface area contributed by atoms with Crippen molar-refractivity contribution >= 4 is 23.5 Å². The number of amides is 1. The Bertz CT molecular complexity index is 596. The van der Waals surface area contributed by atoms with Gasteiger partial charge in [-0.2, -0.15) is 0 Å². The summed E-state index contributed by atoms with van der Waals surface area (Å²) in [5.74, 6) is 0.544. The Morgan fingerprint density at radius 1 is 1.35 bits per heavy atom. The van der Waals surface area contributed by atoms with Gasteiger partial charge in [0.25, 0.3) is 5.91 Å². The molecule has 0 spiro atoms. The van der Waals surface area contributed by atoms with E-state index in [2.05, 4.69) is 0 Å². The Balaban J connectivity index is 1.96. The molecule has 0 saturated carbocycles. The molecule has 1 aromatic rings. The van der Waals surface area contributed by atoms with Crippen molar-refractivity contribution in [1.82, 2.24) is 4.90 Å². The van der Waals surface area contributed by atoms with E-state index in [4.69, 9.17) is 4.74 Å². The van der Waals surface area contributed by atoms with Gasteiger partial charge in [-0.05, 0) is 12.5 Å². The zero-order chi connectivity index (χ0) is 14.3. The lowest BCUT2D eigenvalue weighted by Gasteiger charge is -2.49. The Labute approximate surface area is 121 Å². The highest BCUT2D eigenvalue weighted by Gasteiger charge is 2.53. The number of ketones is 1. The van der Waals surface area contributed by atoms with Gasteiger partial charge in [0.15, 0.2) is 6.10 Å². The number of hydrogen-bond acceptors (Lipinski definition) is 4. The van der Waals surface area contributed by atoms with Crippen LogP contribution in [-0.2, 0) is 9.53 Å². The van der Waals surface area contributed by atoms with Gasteiger partial charge >= 0.3 is 0 Å². The minimum atomic E-state index is -0.424. The third-order valence-corrected chi connectivity index (χ3v) is 5.01. The first-order valence-electron chi connectivity index (χ1n) is 6.42. The zero-order valence-electron chi connectivity index (χ0n) is 11.3. The molecule has 0 bridgehead atoms. The summed E-state index contributed by atoms with van der Waals surface area (Å²) in [6.07, 6.45) is -0.424. The number of ether oxygens (including phenoxy) is 1. The van der Waals surface area contributed by atoms with Crippen molar-refractivity contribution in [3.8, 4) is 0 Å². The van der Waals surface area contributed by atoms with E-state index >= 15 is 0 Å². The number of β-lactam (4-membered cyclic amide) rings is 1. The third-order valence-electron chi connectivity index (χ3n) is 3.62. The molecule has 4 nitrogen and oxygen atoms in total. The molecule has 2 heterocycles. The minimum absolute atomic E-state index is 0.0705. The lowest BCUT2D eigenvalue weighted by Crippen LogP contribution is -2.65. The van der Waals surface area contributed by atoms with Crippen molar-refractivity contribution in [3.63, 3.8) is 0 Å². The summed E-state index contributed by atoms with van der Waals surface area (Å²) >= 11 is 1.64. The van der Waals surface area contributed by atoms with Crippen LogP contribution in [0, 0.1) is 0 Å². The number of carbonyl (C=O) groups excluding carboxylic acids is 2. The molecule has 2 aliphatic rings. The van der Waals surface area contributed by atoms with Crippen LogP contribution in [0.5, 0.6) is 0 Å². The van der Waals surface area contributed by atoms with Crippen molar-refractivity contribution in [2.24, 2.45) is 0 Å². The molecule has 1 fully saturated rings. The van der Waals surface area contributed by atoms with Gasteiger partial charge in [-0.3, -0.25) is 14.5 Å². The van der Waals surface area contributed by atoms with E-state index in [0.717, 1.165) is 11.3 Å². The van der Waals surface area contributed by atoms with E-state index < -0.39 is 6.10 Å². The normalized spacial score (nSPS) is 25.3. The fourth-order valence-electron chi connectivity index (χ4n) is 2.57. The number of methoxy groups -OCH3 is 1. The molecule has 104 valence electrons. The van der Waals surface area contributed by atoms with Crippen LogP contribution in [-0.4, -0.2) is 40.9 Å². The summed E-state index contributed by atoms with van der Waals surface area (Å²) in [4.78, 5) is 26.3. The van der Waals surface area contributed by atoms with Crippen LogP contribution < -0.4 is 0 Å². The van der Waals surface area contributed by atoms with Crippen molar-refractivity contribution in [2.45, 2.75) is 18.4 Å². The quantitative estimate of drug-likeness (QED) is 0.631. The Morgan fingerprint density at radius 3 is 2.70 bits per heavy atom. The molecule has 20 heavy (non-hydrogen) atoms. The highest BCUT2D eigenvalue weighted by Crippen LogP contribution is 2.42. The molecule has 2 atom stereocenters. The fraction of sp³-hybridized carbons (Fsp3) is 0.333. The van der Waals surface area contributed by atoms with E-state index in [-0.39, 0.29) is 17.1 Å². The minimum Gasteiger partial charge on any atom is -0.368 e. The van der Waals surface area contributed by atoms with Gasteiger partial charge in [0.2, 0.25) is 5.78 Å². The predicted octanol–water partition coefficient (Wildman–Crippen LogP) is 2.07.